The molecular formula is C16H21N3O2S. The van der Waals surface area contributed by atoms with E-state index in [0.717, 1.165) is 24.4 Å². The van der Waals surface area contributed by atoms with E-state index in [4.69, 9.17) is 0 Å². The summed E-state index contributed by atoms with van der Waals surface area (Å²) in [5.74, 6) is 1.14. The number of aromatic nitrogens is 2. The van der Waals surface area contributed by atoms with Gasteiger partial charge in [-0.2, -0.15) is 4.31 Å². The highest BCUT2D eigenvalue weighted by Gasteiger charge is 2.32. The van der Waals surface area contributed by atoms with Gasteiger partial charge >= 0.3 is 0 Å². The normalized spacial score (nSPS) is 20.2. The van der Waals surface area contributed by atoms with Crippen molar-refractivity contribution in [3.8, 4) is 0 Å². The molecule has 2 heterocycles. The van der Waals surface area contributed by atoms with Gasteiger partial charge in [0.05, 0.1) is 10.6 Å². The van der Waals surface area contributed by atoms with E-state index in [1.807, 2.05) is 30.8 Å². The molecule has 1 unspecified atom stereocenters. The summed E-state index contributed by atoms with van der Waals surface area (Å²) in [6.45, 7) is 3.05. The summed E-state index contributed by atoms with van der Waals surface area (Å²) in [7, 11) is -1.44. The molecule has 0 bridgehead atoms. The van der Waals surface area contributed by atoms with E-state index in [0.29, 0.717) is 18.0 Å². The maximum absolute atomic E-state index is 12.8. The number of aryl methyl sites for hydroxylation is 2. The second-order valence-electron chi connectivity index (χ2n) is 5.87. The Balaban J connectivity index is 1.86. The summed E-state index contributed by atoms with van der Waals surface area (Å²) in [4.78, 5) is 4.93. The predicted molar refractivity (Wildman–Crippen MR) is 85.1 cm³/mol. The highest BCUT2D eigenvalue weighted by molar-refractivity contribution is 7.89. The van der Waals surface area contributed by atoms with Gasteiger partial charge in [-0.1, -0.05) is 18.2 Å². The van der Waals surface area contributed by atoms with E-state index in [-0.39, 0.29) is 5.92 Å². The summed E-state index contributed by atoms with van der Waals surface area (Å²) < 4.78 is 29.1. The van der Waals surface area contributed by atoms with Crippen LogP contribution in [-0.4, -0.2) is 35.4 Å². The maximum Gasteiger partial charge on any atom is 0.243 e. The first kappa shape index (κ1) is 15.2. The predicted octanol–water partition coefficient (Wildman–Crippen LogP) is 2.30. The van der Waals surface area contributed by atoms with Gasteiger partial charge in [0, 0.05) is 32.3 Å². The fourth-order valence-corrected chi connectivity index (χ4v) is 4.67. The van der Waals surface area contributed by atoms with Gasteiger partial charge in [-0.3, -0.25) is 0 Å². The Morgan fingerprint density at radius 3 is 2.59 bits per heavy atom. The Hall–Kier alpha value is -1.66. The fraction of sp³-hybridized carbons (Fsp3) is 0.438. The summed E-state index contributed by atoms with van der Waals surface area (Å²) in [6.07, 6.45) is 3.83. The quantitative estimate of drug-likeness (QED) is 0.872. The average molecular weight is 319 g/mol. The smallest absolute Gasteiger partial charge is 0.243 e. The Morgan fingerprint density at radius 1 is 1.23 bits per heavy atom. The first-order chi connectivity index (χ1) is 10.5. The molecule has 0 saturated carbocycles. The molecule has 3 rings (SSSR count). The minimum atomic E-state index is -3.41. The van der Waals surface area contributed by atoms with Crippen molar-refractivity contribution in [1.29, 1.82) is 0 Å². The number of rotatable bonds is 3. The largest absolute Gasteiger partial charge is 0.337 e. The lowest BCUT2D eigenvalue weighted by Crippen LogP contribution is -2.39. The molecule has 5 nitrogen and oxygen atoms in total. The zero-order chi connectivity index (χ0) is 15.7. The summed E-state index contributed by atoms with van der Waals surface area (Å²) in [6, 6.07) is 8.66. The van der Waals surface area contributed by atoms with Crippen LogP contribution in [0.1, 0.15) is 30.3 Å². The molecule has 1 fully saturated rings. The van der Waals surface area contributed by atoms with Crippen LogP contribution in [0.5, 0.6) is 0 Å². The molecule has 2 aromatic rings. The number of hydrogen-bond acceptors (Lipinski definition) is 3. The molecule has 1 aliphatic rings. The molecule has 1 aromatic heterocycles. The zero-order valence-electron chi connectivity index (χ0n) is 12.9. The van der Waals surface area contributed by atoms with E-state index in [2.05, 4.69) is 4.98 Å². The van der Waals surface area contributed by atoms with Gasteiger partial charge in [-0.25, -0.2) is 13.4 Å². The van der Waals surface area contributed by atoms with Crippen molar-refractivity contribution < 1.29 is 8.42 Å². The average Bonchev–Trinajstić information content (AvgIpc) is 2.87. The monoisotopic (exact) mass is 319 g/mol. The Bertz CT molecular complexity index is 753. The maximum atomic E-state index is 12.8. The first-order valence-corrected chi connectivity index (χ1v) is 8.97. The van der Waals surface area contributed by atoms with Gasteiger partial charge in [0.1, 0.15) is 5.82 Å². The Labute approximate surface area is 131 Å². The lowest BCUT2D eigenvalue weighted by Gasteiger charge is -2.31. The van der Waals surface area contributed by atoms with Crippen LogP contribution in [0, 0.1) is 6.92 Å². The molecule has 1 atom stereocenters. The third-order valence-electron chi connectivity index (χ3n) is 4.16. The lowest BCUT2D eigenvalue weighted by molar-refractivity contribution is 0.306. The summed E-state index contributed by atoms with van der Waals surface area (Å²) in [5.41, 5.74) is 0.973. The minimum absolute atomic E-state index is 0.158. The number of piperidine rings is 1. The van der Waals surface area contributed by atoms with Crippen molar-refractivity contribution in [2.75, 3.05) is 13.1 Å². The van der Waals surface area contributed by atoms with Crippen LogP contribution in [0.2, 0.25) is 0 Å². The first-order valence-electron chi connectivity index (χ1n) is 7.53. The highest BCUT2D eigenvalue weighted by atomic mass is 32.2. The van der Waals surface area contributed by atoms with Crippen molar-refractivity contribution in [3.05, 3.63) is 48.0 Å². The Kier molecular flexibility index (Phi) is 4.06. The molecule has 6 heteroatoms. The number of benzene rings is 1. The topological polar surface area (TPSA) is 55.2 Å². The van der Waals surface area contributed by atoms with Crippen LogP contribution in [-0.2, 0) is 17.1 Å². The van der Waals surface area contributed by atoms with Crippen LogP contribution >= 0.6 is 0 Å². The van der Waals surface area contributed by atoms with Gasteiger partial charge in [-0.15, -0.1) is 0 Å². The van der Waals surface area contributed by atoms with E-state index < -0.39 is 10.0 Å². The van der Waals surface area contributed by atoms with E-state index in [9.17, 15) is 8.42 Å². The molecule has 0 aliphatic carbocycles. The number of imidazole rings is 1. The van der Waals surface area contributed by atoms with Crippen LogP contribution in [0.25, 0.3) is 0 Å². The van der Waals surface area contributed by atoms with E-state index in [1.165, 1.54) is 0 Å². The third-order valence-corrected chi connectivity index (χ3v) is 6.04. The van der Waals surface area contributed by atoms with Crippen molar-refractivity contribution >= 4 is 10.0 Å². The van der Waals surface area contributed by atoms with Crippen molar-refractivity contribution in [2.45, 2.75) is 30.6 Å². The molecule has 1 aromatic carbocycles. The fourth-order valence-electron chi connectivity index (χ4n) is 3.13. The van der Waals surface area contributed by atoms with Gasteiger partial charge in [0.25, 0.3) is 0 Å². The van der Waals surface area contributed by atoms with Crippen molar-refractivity contribution in [1.82, 2.24) is 13.9 Å². The van der Waals surface area contributed by atoms with Crippen molar-refractivity contribution in [3.63, 3.8) is 0 Å². The molecule has 0 radical (unpaired) electrons. The molecule has 0 spiro atoms. The summed E-state index contributed by atoms with van der Waals surface area (Å²) in [5, 5.41) is 0. The van der Waals surface area contributed by atoms with Gasteiger partial charge in [0.2, 0.25) is 10.0 Å². The second kappa shape index (κ2) is 5.85. The molecule has 118 valence electrons. The van der Waals surface area contributed by atoms with Crippen LogP contribution in [0.15, 0.2) is 41.4 Å². The van der Waals surface area contributed by atoms with Crippen molar-refractivity contribution in [2.24, 2.45) is 7.05 Å². The molecular weight excluding hydrogens is 298 g/mol. The SMILES string of the molecule is Cc1cn(C)c(C2CCCN(S(=O)(=O)c3ccccc3)C2)n1. The van der Waals surface area contributed by atoms with E-state index >= 15 is 0 Å². The standard InChI is InChI=1S/C16H21N3O2S/c1-13-11-18(2)16(17-13)14-7-6-10-19(12-14)22(20,21)15-8-4-3-5-9-15/h3-5,8-9,11,14H,6-7,10,12H2,1-2H3. The van der Waals surface area contributed by atoms with Crippen LogP contribution in [0.3, 0.4) is 0 Å². The number of sulfonamides is 1. The Morgan fingerprint density at radius 2 is 1.95 bits per heavy atom. The van der Waals surface area contributed by atoms with Gasteiger partial charge in [0.15, 0.2) is 0 Å². The second-order valence-corrected chi connectivity index (χ2v) is 7.80. The third kappa shape index (κ3) is 2.80. The molecule has 22 heavy (non-hydrogen) atoms. The van der Waals surface area contributed by atoms with Gasteiger partial charge < -0.3 is 4.57 Å². The molecule has 1 saturated heterocycles. The molecule has 0 amide bonds. The molecule has 1 aliphatic heterocycles. The zero-order valence-corrected chi connectivity index (χ0v) is 13.8. The van der Waals surface area contributed by atoms with Crippen LogP contribution < -0.4 is 0 Å². The van der Waals surface area contributed by atoms with E-state index in [1.54, 1.807) is 28.6 Å². The molecule has 0 N–H and O–H groups in total. The highest BCUT2D eigenvalue weighted by Crippen LogP contribution is 2.29. The minimum Gasteiger partial charge on any atom is -0.337 e. The van der Waals surface area contributed by atoms with Crippen LogP contribution in [0.4, 0.5) is 0 Å². The van der Waals surface area contributed by atoms with Gasteiger partial charge in [-0.05, 0) is 31.9 Å². The summed E-state index contributed by atoms with van der Waals surface area (Å²) >= 11 is 0. The number of nitrogens with zero attached hydrogens (tertiary/aromatic N) is 3. The lowest BCUT2D eigenvalue weighted by atomic mass is 9.99. The number of hydrogen-bond donors (Lipinski definition) is 0.